The Bertz CT molecular complexity index is 356. The van der Waals surface area contributed by atoms with Gasteiger partial charge < -0.3 is 10.5 Å². The van der Waals surface area contributed by atoms with Crippen LogP contribution >= 0.6 is 0 Å². The summed E-state index contributed by atoms with van der Waals surface area (Å²) in [5.74, 6) is 0.824. The van der Waals surface area contributed by atoms with E-state index in [0.29, 0.717) is 6.61 Å². The molecule has 0 aliphatic heterocycles. The van der Waals surface area contributed by atoms with Crippen LogP contribution in [0.1, 0.15) is 26.3 Å². The van der Waals surface area contributed by atoms with Crippen molar-refractivity contribution in [1.82, 2.24) is 5.43 Å². The summed E-state index contributed by atoms with van der Waals surface area (Å²) < 4.78 is 5.47. The van der Waals surface area contributed by atoms with Crippen LogP contribution in [0.25, 0.3) is 0 Å². The average Bonchev–Trinajstić information content (AvgIpc) is 2.19. The second-order valence-corrected chi connectivity index (χ2v) is 4.06. The van der Waals surface area contributed by atoms with Crippen LogP contribution in [0.3, 0.4) is 0 Å². The molecular weight excluding hydrogens is 202 g/mol. The largest absolute Gasteiger partial charge is 0.493 e. The Balaban J connectivity index is 2.72. The highest BCUT2D eigenvalue weighted by Crippen LogP contribution is 2.15. The Kier molecular flexibility index (Phi) is 4.31. The molecule has 0 heterocycles. The van der Waals surface area contributed by atoms with E-state index < -0.39 is 5.66 Å². The number of nitrogens with one attached hydrogen (secondary N) is 1. The fourth-order valence-electron chi connectivity index (χ4n) is 1.14. The van der Waals surface area contributed by atoms with Gasteiger partial charge in [-0.2, -0.15) is 5.10 Å². The number of hydrazone groups is 1. The fraction of sp³-hybridized carbons (Fsp3) is 0.417. The molecule has 0 aromatic heterocycles. The lowest BCUT2D eigenvalue weighted by atomic mass is 10.2. The third-order valence-corrected chi connectivity index (χ3v) is 1.78. The van der Waals surface area contributed by atoms with Gasteiger partial charge in [0.2, 0.25) is 0 Å². The molecule has 0 radical (unpaired) electrons. The van der Waals surface area contributed by atoms with Crippen molar-refractivity contribution in [3.63, 3.8) is 0 Å². The van der Waals surface area contributed by atoms with Gasteiger partial charge in [0.1, 0.15) is 5.75 Å². The van der Waals surface area contributed by atoms with Crippen molar-refractivity contribution in [2.45, 2.75) is 26.4 Å². The minimum atomic E-state index is -0.517. The van der Waals surface area contributed by atoms with Gasteiger partial charge in [-0.05, 0) is 32.9 Å². The van der Waals surface area contributed by atoms with E-state index in [-0.39, 0.29) is 0 Å². The van der Waals surface area contributed by atoms with Crippen molar-refractivity contribution < 1.29 is 4.74 Å². The molecule has 0 amide bonds. The van der Waals surface area contributed by atoms with E-state index in [2.05, 4.69) is 10.5 Å². The van der Waals surface area contributed by atoms with Gasteiger partial charge in [0, 0.05) is 5.56 Å². The molecule has 0 spiro atoms. The van der Waals surface area contributed by atoms with Crippen molar-refractivity contribution >= 4 is 6.21 Å². The zero-order valence-corrected chi connectivity index (χ0v) is 10.0. The molecule has 88 valence electrons. The molecule has 1 aromatic rings. The smallest absolute Gasteiger partial charge is 0.128 e. The zero-order valence-electron chi connectivity index (χ0n) is 10.0. The molecule has 4 nitrogen and oxygen atoms in total. The molecule has 1 aromatic carbocycles. The molecule has 0 unspecified atom stereocenters. The van der Waals surface area contributed by atoms with E-state index in [0.717, 1.165) is 11.3 Å². The maximum atomic E-state index is 5.74. The summed E-state index contributed by atoms with van der Waals surface area (Å²) in [6, 6.07) is 7.73. The number of benzene rings is 1. The molecule has 0 atom stereocenters. The lowest BCUT2D eigenvalue weighted by molar-refractivity contribution is 0.339. The van der Waals surface area contributed by atoms with E-state index in [4.69, 9.17) is 10.5 Å². The highest BCUT2D eigenvalue weighted by atomic mass is 16.5. The number of rotatable bonds is 5. The minimum Gasteiger partial charge on any atom is -0.493 e. The summed E-state index contributed by atoms with van der Waals surface area (Å²) >= 11 is 0. The summed E-state index contributed by atoms with van der Waals surface area (Å²) in [6.45, 7) is 6.29. The summed E-state index contributed by atoms with van der Waals surface area (Å²) in [4.78, 5) is 0. The van der Waals surface area contributed by atoms with Crippen LogP contribution in [0, 0.1) is 0 Å². The zero-order chi connectivity index (χ0) is 12.0. The maximum absolute atomic E-state index is 5.74. The van der Waals surface area contributed by atoms with Crippen LogP contribution in [-0.2, 0) is 0 Å². The topological polar surface area (TPSA) is 59.6 Å². The Morgan fingerprint density at radius 1 is 1.44 bits per heavy atom. The first-order valence-corrected chi connectivity index (χ1v) is 5.34. The molecule has 16 heavy (non-hydrogen) atoms. The average molecular weight is 221 g/mol. The number of nitrogens with zero attached hydrogens (tertiary/aromatic N) is 1. The summed E-state index contributed by atoms with van der Waals surface area (Å²) in [6.07, 6.45) is 1.71. The number of ether oxygens (including phenoxy) is 1. The normalized spacial score (nSPS) is 11.8. The van der Waals surface area contributed by atoms with E-state index >= 15 is 0 Å². The van der Waals surface area contributed by atoms with Gasteiger partial charge in [-0.15, -0.1) is 0 Å². The Hall–Kier alpha value is -1.55. The van der Waals surface area contributed by atoms with Crippen LogP contribution in [-0.4, -0.2) is 18.5 Å². The van der Waals surface area contributed by atoms with E-state index in [1.807, 2.05) is 45.0 Å². The summed E-state index contributed by atoms with van der Waals surface area (Å²) in [5, 5.41) is 4.08. The van der Waals surface area contributed by atoms with Crippen LogP contribution in [0.15, 0.2) is 29.4 Å². The van der Waals surface area contributed by atoms with Crippen molar-refractivity contribution in [2.75, 3.05) is 6.61 Å². The van der Waals surface area contributed by atoms with Crippen molar-refractivity contribution in [3.8, 4) is 5.75 Å². The second-order valence-electron chi connectivity index (χ2n) is 4.06. The SMILES string of the molecule is CCOc1ccccc1/C=N/NC(C)(C)N. The first kappa shape index (κ1) is 12.5. The summed E-state index contributed by atoms with van der Waals surface area (Å²) in [5.41, 5.74) is 8.99. The highest BCUT2D eigenvalue weighted by Gasteiger charge is 2.06. The molecule has 0 saturated carbocycles. The van der Waals surface area contributed by atoms with Gasteiger partial charge >= 0.3 is 0 Å². The van der Waals surface area contributed by atoms with Crippen LogP contribution in [0.2, 0.25) is 0 Å². The van der Waals surface area contributed by atoms with E-state index in [1.54, 1.807) is 6.21 Å². The van der Waals surface area contributed by atoms with Crippen LogP contribution in [0.4, 0.5) is 0 Å². The van der Waals surface area contributed by atoms with Gasteiger partial charge in [0.15, 0.2) is 0 Å². The third-order valence-electron chi connectivity index (χ3n) is 1.78. The fourth-order valence-corrected chi connectivity index (χ4v) is 1.14. The van der Waals surface area contributed by atoms with Gasteiger partial charge in [0.25, 0.3) is 0 Å². The Labute approximate surface area is 96.5 Å². The lowest BCUT2D eigenvalue weighted by Crippen LogP contribution is -2.44. The predicted octanol–water partition coefficient (Wildman–Crippen LogP) is 1.70. The summed E-state index contributed by atoms with van der Waals surface area (Å²) in [7, 11) is 0. The Morgan fingerprint density at radius 3 is 2.75 bits per heavy atom. The molecule has 3 N–H and O–H groups in total. The molecule has 0 aliphatic rings. The van der Waals surface area contributed by atoms with Crippen molar-refractivity contribution in [3.05, 3.63) is 29.8 Å². The molecule has 4 heteroatoms. The molecular formula is C12H19N3O. The van der Waals surface area contributed by atoms with Gasteiger partial charge in [-0.3, -0.25) is 5.43 Å². The quantitative estimate of drug-likeness (QED) is 0.452. The lowest BCUT2D eigenvalue weighted by Gasteiger charge is -2.17. The molecule has 0 bridgehead atoms. The number of hydrogen-bond acceptors (Lipinski definition) is 4. The molecule has 0 saturated heterocycles. The molecule has 0 fully saturated rings. The van der Waals surface area contributed by atoms with E-state index in [1.165, 1.54) is 0 Å². The van der Waals surface area contributed by atoms with Gasteiger partial charge in [-0.1, -0.05) is 12.1 Å². The van der Waals surface area contributed by atoms with Crippen molar-refractivity contribution in [1.29, 1.82) is 0 Å². The first-order chi connectivity index (χ1) is 7.53. The monoisotopic (exact) mass is 221 g/mol. The maximum Gasteiger partial charge on any atom is 0.128 e. The molecule has 0 aliphatic carbocycles. The third kappa shape index (κ3) is 4.31. The number of para-hydroxylation sites is 1. The highest BCUT2D eigenvalue weighted by molar-refractivity contribution is 5.83. The predicted molar refractivity (Wildman–Crippen MR) is 66.6 cm³/mol. The minimum absolute atomic E-state index is 0.517. The number of hydrogen-bond donors (Lipinski definition) is 2. The van der Waals surface area contributed by atoms with Crippen molar-refractivity contribution in [2.24, 2.45) is 10.8 Å². The molecule has 1 rings (SSSR count). The van der Waals surface area contributed by atoms with Gasteiger partial charge in [0.05, 0.1) is 18.5 Å². The van der Waals surface area contributed by atoms with Crippen LogP contribution in [0.5, 0.6) is 5.75 Å². The standard InChI is InChI=1S/C12H19N3O/c1-4-16-11-8-6-5-7-10(11)9-14-15-12(2,3)13/h5-9,15H,4,13H2,1-3H3/b14-9+. The Morgan fingerprint density at radius 2 is 2.12 bits per heavy atom. The number of nitrogens with two attached hydrogens (primary N) is 1. The van der Waals surface area contributed by atoms with Gasteiger partial charge in [-0.25, -0.2) is 0 Å². The van der Waals surface area contributed by atoms with Crippen LogP contribution < -0.4 is 15.9 Å². The first-order valence-electron chi connectivity index (χ1n) is 5.34. The van der Waals surface area contributed by atoms with E-state index in [9.17, 15) is 0 Å². The second kappa shape index (κ2) is 5.51.